The number of nitrogens with zero attached hydrogens (tertiary/aromatic N) is 1. The third-order valence-electron chi connectivity index (χ3n) is 4.17. The van der Waals surface area contributed by atoms with Gasteiger partial charge in [0, 0.05) is 29.6 Å². The van der Waals surface area contributed by atoms with E-state index in [1.807, 2.05) is 4.90 Å². The maximum Gasteiger partial charge on any atom is 0.223 e. The predicted octanol–water partition coefficient (Wildman–Crippen LogP) is 2.53. The zero-order valence-electron chi connectivity index (χ0n) is 9.87. The Kier molecular flexibility index (Phi) is 1.88. The fourth-order valence-electron chi connectivity index (χ4n) is 3.34. The highest BCUT2D eigenvalue weighted by molar-refractivity contribution is 5.87. The lowest BCUT2D eigenvalue weighted by Crippen LogP contribution is -2.33. The Hall–Kier alpha value is -1.84. The van der Waals surface area contributed by atoms with E-state index < -0.39 is 0 Å². The van der Waals surface area contributed by atoms with Gasteiger partial charge in [0.1, 0.15) is 5.82 Å². The second-order valence-electron chi connectivity index (χ2n) is 5.10. The van der Waals surface area contributed by atoms with Crippen LogP contribution in [0.1, 0.15) is 30.1 Å². The molecule has 0 aliphatic carbocycles. The molecular formula is C14H13FN2O. The highest BCUT2D eigenvalue weighted by Gasteiger charge is 2.37. The van der Waals surface area contributed by atoms with Gasteiger partial charge in [-0.15, -0.1) is 0 Å². The Balaban J connectivity index is 1.94. The third-order valence-corrected chi connectivity index (χ3v) is 4.17. The average molecular weight is 244 g/mol. The molecule has 3 nitrogen and oxygen atoms in total. The molecule has 4 heteroatoms. The van der Waals surface area contributed by atoms with Crippen LogP contribution in [0.2, 0.25) is 0 Å². The second-order valence-corrected chi connectivity index (χ2v) is 5.10. The van der Waals surface area contributed by atoms with Crippen LogP contribution in [-0.2, 0) is 11.2 Å². The molecule has 92 valence electrons. The quantitative estimate of drug-likeness (QED) is 0.759. The summed E-state index contributed by atoms with van der Waals surface area (Å²) in [7, 11) is 0. The number of hydrogen-bond acceptors (Lipinski definition) is 1. The number of H-pyrrole nitrogens is 1. The van der Waals surface area contributed by atoms with Gasteiger partial charge < -0.3 is 9.88 Å². The number of halogens is 1. The summed E-state index contributed by atoms with van der Waals surface area (Å²) in [5.41, 5.74) is 3.29. The molecule has 2 aliphatic rings. The lowest BCUT2D eigenvalue weighted by molar-refractivity contribution is -0.129. The standard InChI is InChI=1S/C14H13FN2O/c15-8-1-2-11-10(7-8)9-5-6-17-12(14(9)16-11)3-4-13(17)18/h1-2,7,12,16H,3-6H2. The van der Waals surface area contributed by atoms with Crippen LogP contribution >= 0.6 is 0 Å². The first-order chi connectivity index (χ1) is 8.74. The molecule has 1 unspecified atom stereocenters. The van der Waals surface area contributed by atoms with Gasteiger partial charge in [-0.2, -0.15) is 0 Å². The van der Waals surface area contributed by atoms with Crippen LogP contribution in [0.25, 0.3) is 10.9 Å². The summed E-state index contributed by atoms with van der Waals surface area (Å²) in [4.78, 5) is 17.1. The van der Waals surface area contributed by atoms with Gasteiger partial charge in [-0.3, -0.25) is 4.79 Å². The van der Waals surface area contributed by atoms with E-state index in [0.29, 0.717) is 6.42 Å². The number of carbonyl (C=O) groups is 1. The van der Waals surface area contributed by atoms with E-state index in [0.717, 1.165) is 36.0 Å². The first-order valence-electron chi connectivity index (χ1n) is 6.33. The molecule has 1 atom stereocenters. The van der Waals surface area contributed by atoms with Crippen molar-refractivity contribution in [1.82, 2.24) is 9.88 Å². The van der Waals surface area contributed by atoms with E-state index in [-0.39, 0.29) is 17.8 Å². The summed E-state index contributed by atoms with van der Waals surface area (Å²) in [6.45, 7) is 0.764. The molecule has 1 amide bonds. The van der Waals surface area contributed by atoms with Crippen molar-refractivity contribution < 1.29 is 9.18 Å². The molecule has 1 aromatic heterocycles. The molecular weight excluding hydrogens is 231 g/mol. The van der Waals surface area contributed by atoms with Crippen molar-refractivity contribution in [2.45, 2.75) is 25.3 Å². The Morgan fingerprint density at radius 2 is 2.22 bits per heavy atom. The SMILES string of the molecule is O=C1CCC2c3[nH]c4ccc(F)cc4c3CCN12. The van der Waals surface area contributed by atoms with Crippen molar-refractivity contribution in [3.63, 3.8) is 0 Å². The van der Waals surface area contributed by atoms with Crippen molar-refractivity contribution in [3.05, 3.63) is 35.3 Å². The zero-order valence-corrected chi connectivity index (χ0v) is 9.87. The number of aromatic amines is 1. The van der Waals surface area contributed by atoms with Gasteiger partial charge in [0.2, 0.25) is 5.91 Å². The predicted molar refractivity (Wildman–Crippen MR) is 65.6 cm³/mol. The molecule has 18 heavy (non-hydrogen) atoms. The van der Waals surface area contributed by atoms with Crippen molar-refractivity contribution in [2.75, 3.05) is 6.54 Å². The molecule has 0 spiro atoms. The fourth-order valence-corrected chi connectivity index (χ4v) is 3.34. The Labute approximate surface area is 104 Å². The molecule has 1 aromatic carbocycles. The number of benzene rings is 1. The minimum Gasteiger partial charge on any atom is -0.356 e. The summed E-state index contributed by atoms with van der Waals surface area (Å²) in [5, 5.41) is 0.976. The van der Waals surface area contributed by atoms with Crippen LogP contribution in [0.15, 0.2) is 18.2 Å². The van der Waals surface area contributed by atoms with Gasteiger partial charge in [0.25, 0.3) is 0 Å². The van der Waals surface area contributed by atoms with E-state index in [1.54, 1.807) is 12.1 Å². The van der Waals surface area contributed by atoms with Gasteiger partial charge in [-0.25, -0.2) is 4.39 Å². The maximum atomic E-state index is 13.3. The third kappa shape index (κ3) is 1.20. The lowest BCUT2D eigenvalue weighted by Gasteiger charge is -2.29. The van der Waals surface area contributed by atoms with Crippen LogP contribution < -0.4 is 0 Å². The molecule has 3 heterocycles. The highest BCUT2D eigenvalue weighted by Crippen LogP contribution is 2.40. The van der Waals surface area contributed by atoms with Gasteiger partial charge >= 0.3 is 0 Å². The number of hydrogen-bond donors (Lipinski definition) is 1. The molecule has 1 N–H and O–H groups in total. The number of carbonyl (C=O) groups excluding carboxylic acids is 1. The van der Waals surface area contributed by atoms with Gasteiger partial charge in [0.05, 0.1) is 6.04 Å². The second kappa shape index (κ2) is 3.34. The summed E-state index contributed by atoms with van der Waals surface area (Å²) in [6.07, 6.45) is 2.33. The molecule has 0 radical (unpaired) electrons. The molecule has 4 rings (SSSR count). The van der Waals surface area contributed by atoms with Crippen molar-refractivity contribution >= 4 is 16.8 Å². The fraction of sp³-hybridized carbons (Fsp3) is 0.357. The van der Waals surface area contributed by atoms with Crippen LogP contribution in [0, 0.1) is 5.82 Å². The molecule has 0 saturated carbocycles. The topological polar surface area (TPSA) is 36.1 Å². The Morgan fingerprint density at radius 1 is 1.33 bits per heavy atom. The lowest BCUT2D eigenvalue weighted by atomic mass is 9.98. The number of rotatable bonds is 0. The number of nitrogens with one attached hydrogen (secondary N) is 1. The first kappa shape index (κ1) is 10.1. The summed E-state index contributed by atoms with van der Waals surface area (Å²) in [6, 6.07) is 5.03. The van der Waals surface area contributed by atoms with Crippen molar-refractivity contribution in [3.8, 4) is 0 Å². The first-order valence-corrected chi connectivity index (χ1v) is 6.33. The molecule has 1 fully saturated rings. The largest absolute Gasteiger partial charge is 0.356 e. The monoisotopic (exact) mass is 244 g/mol. The number of aromatic nitrogens is 1. The van der Waals surface area contributed by atoms with Gasteiger partial charge in [-0.05, 0) is 36.6 Å². The Morgan fingerprint density at radius 3 is 3.11 bits per heavy atom. The van der Waals surface area contributed by atoms with Crippen LogP contribution in [-0.4, -0.2) is 22.3 Å². The number of fused-ring (bicyclic) bond motifs is 5. The zero-order chi connectivity index (χ0) is 12.3. The van der Waals surface area contributed by atoms with Crippen LogP contribution in [0.4, 0.5) is 4.39 Å². The minimum atomic E-state index is -0.200. The van der Waals surface area contributed by atoms with Crippen LogP contribution in [0.5, 0.6) is 0 Å². The van der Waals surface area contributed by atoms with E-state index >= 15 is 0 Å². The van der Waals surface area contributed by atoms with E-state index in [2.05, 4.69) is 4.98 Å². The molecule has 2 aromatic rings. The minimum absolute atomic E-state index is 0.178. The van der Waals surface area contributed by atoms with E-state index in [4.69, 9.17) is 0 Å². The Bertz CT molecular complexity index is 661. The highest BCUT2D eigenvalue weighted by atomic mass is 19.1. The summed E-state index contributed by atoms with van der Waals surface area (Å²) < 4.78 is 13.3. The van der Waals surface area contributed by atoms with E-state index in [9.17, 15) is 9.18 Å². The maximum absolute atomic E-state index is 13.3. The van der Waals surface area contributed by atoms with Crippen molar-refractivity contribution in [2.24, 2.45) is 0 Å². The van der Waals surface area contributed by atoms with Crippen molar-refractivity contribution in [1.29, 1.82) is 0 Å². The molecule has 0 bridgehead atoms. The normalized spacial score (nSPS) is 22.4. The molecule has 1 saturated heterocycles. The van der Waals surface area contributed by atoms with Gasteiger partial charge in [0.15, 0.2) is 0 Å². The van der Waals surface area contributed by atoms with Crippen LogP contribution in [0.3, 0.4) is 0 Å². The number of amides is 1. The average Bonchev–Trinajstić information content (AvgIpc) is 2.90. The van der Waals surface area contributed by atoms with E-state index in [1.165, 1.54) is 11.6 Å². The smallest absolute Gasteiger partial charge is 0.223 e. The van der Waals surface area contributed by atoms with Gasteiger partial charge in [-0.1, -0.05) is 0 Å². The molecule has 2 aliphatic heterocycles. The summed E-state index contributed by atoms with van der Waals surface area (Å²) in [5.74, 6) is 0.0460. The summed E-state index contributed by atoms with van der Waals surface area (Å²) >= 11 is 0.